The molecule has 0 radical (unpaired) electrons. The molecule has 0 aromatic heterocycles. The van der Waals surface area contributed by atoms with Gasteiger partial charge < -0.3 is 10.1 Å². The summed E-state index contributed by atoms with van der Waals surface area (Å²) < 4.78 is 5.94. The highest BCUT2D eigenvalue weighted by molar-refractivity contribution is 6.30. The van der Waals surface area contributed by atoms with Crippen LogP contribution in [0.4, 0.5) is 0 Å². The summed E-state index contributed by atoms with van der Waals surface area (Å²) in [7, 11) is 0. The van der Waals surface area contributed by atoms with Gasteiger partial charge in [-0.1, -0.05) is 49.1 Å². The molecule has 1 unspecified atom stereocenters. The van der Waals surface area contributed by atoms with E-state index in [4.69, 9.17) is 16.3 Å². The largest absolute Gasteiger partial charge is 0.492 e. The van der Waals surface area contributed by atoms with Crippen LogP contribution in [0.15, 0.2) is 35.9 Å². The van der Waals surface area contributed by atoms with Crippen LogP contribution in [0, 0.1) is 0 Å². The monoisotopic (exact) mass is 307 g/mol. The van der Waals surface area contributed by atoms with Gasteiger partial charge in [0.15, 0.2) is 0 Å². The first-order valence-electron chi connectivity index (χ1n) is 8.10. The van der Waals surface area contributed by atoms with Gasteiger partial charge in [-0.2, -0.15) is 0 Å². The van der Waals surface area contributed by atoms with Gasteiger partial charge in [0.05, 0.1) is 6.04 Å². The van der Waals surface area contributed by atoms with Crippen LogP contribution in [0.1, 0.15) is 45.4 Å². The summed E-state index contributed by atoms with van der Waals surface area (Å²) >= 11 is 6.00. The van der Waals surface area contributed by atoms with E-state index >= 15 is 0 Å². The quantitative estimate of drug-likeness (QED) is 0.749. The number of rotatable bonds is 6. The predicted octanol–water partition coefficient (Wildman–Crippen LogP) is 4.98. The molecule has 3 heteroatoms. The van der Waals surface area contributed by atoms with E-state index in [-0.39, 0.29) is 0 Å². The Bertz CT molecular complexity index is 458. The minimum atomic E-state index is 0.312. The van der Waals surface area contributed by atoms with Crippen LogP contribution < -0.4 is 10.1 Å². The first kappa shape index (κ1) is 16.4. The molecule has 1 aromatic rings. The van der Waals surface area contributed by atoms with Crippen molar-refractivity contribution in [3.05, 3.63) is 40.9 Å². The van der Waals surface area contributed by atoms with E-state index in [9.17, 15) is 0 Å². The summed E-state index contributed by atoms with van der Waals surface area (Å²) in [4.78, 5) is 0. The molecule has 0 spiro atoms. The maximum absolute atomic E-state index is 6.00. The zero-order valence-electron chi connectivity index (χ0n) is 12.9. The zero-order valence-corrected chi connectivity index (χ0v) is 13.7. The van der Waals surface area contributed by atoms with Gasteiger partial charge in [-0.3, -0.25) is 0 Å². The molecule has 0 saturated carbocycles. The van der Waals surface area contributed by atoms with Crippen molar-refractivity contribution in [2.45, 2.75) is 51.5 Å². The molecule has 1 aromatic carbocycles. The zero-order chi connectivity index (χ0) is 14.9. The Balaban J connectivity index is 1.97. The molecule has 2 nitrogen and oxygen atoms in total. The highest BCUT2D eigenvalue weighted by atomic mass is 35.5. The Morgan fingerprint density at radius 3 is 2.90 bits per heavy atom. The Labute approximate surface area is 133 Å². The highest BCUT2D eigenvalue weighted by Crippen LogP contribution is 2.22. The fraction of sp³-hybridized carbons (Fsp3) is 0.556. The van der Waals surface area contributed by atoms with Crippen LogP contribution in [0.5, 0.6) is 5.75 Å². The second kappa shape index (κ2) is 9.11. The van der Waals surface area contributed by atoms with Crippen LogP contribution in [-0.2, 0) is 0 Å². The molecule has 1 N–H and O–H groups in total. The lowest BCUT2D eigenvalue weighted by Gasteiger charge is -2.23. The molecule has 0 saturated heterocycles. The van der Waals surface area contributed by atoms with Crippen molar-refractivity contribution >= 4 is 11.6 Å². The lowest BCUT2D eigenvalue weighted by molar-refractivity contribution is 0.279. The lowest BCUT2D eigenvalue weighted by atomic mass is 9.95. The van der Waals surface area contributed by atoms with E-state index < -0.39 is 0 Å². The molecule has 0 amide bonds. The molecule has 0 bridgehead atoms. The van der Waals surface area contributed by atoms with E-state index in [1.165, 1.54) is 44.1 Å². The van der Waals surface area contributed by atoms with Crippen LogP contribution >= 0.6 is 11.6 Å². The first-order valence-corrected chi connectivity index (χ1v) is 8.48. The third-order valence-corrected chi connectivity index (χ3v) is 4.17. The van der Waals surface area contributed by atoms with Gasteiger partial charge in [-0.25, -0.2) is 0 Å². The van der Waals surface area contributed by atoms with Crippen LogP contribution in [0.3, 0.4) is 0 Å². The van der Waals surface area contributed by atoms with Gasteiger partial charge in [-0.05, 0) is 50.4 Å². The first-order chi connectivity index (χ1) is 10.3. The minimum absolute atomic E-state index is 0.312. The number of allylic oxidation sites excluding steroid dienone is 1. The van der Waals surface area contributed by atoms with E-state index in [2.05, 4.69) is 18.3 Å². The second-order valence-corrected chi connectivity index (χ2v) is 6.05. The number of ether oxygens (including phenoxy) is 1. The Kier molecular flexibility index (Phi) is 7.11. The summed E-state index contributed by atoms with van der Waals surface area (Å²) in [6, 6.07) is 7.94. The molecular formula is C18H26ClNO. The number of likely N-dealkylation sites (N-methyl/N-ethyl adjacent to an activating group) is 1. The fourth-order valence-electron chi connectivity index (χ4n) is 2.81. The molecule has 1 aliphatic carbocycles. The summed E-state index contributed by atoms with van der Waals surface area (Å²) in [6.07, 6.45) is 10.2. The minimum Gasteiger partial charge on any atom is -0.492 e. The van der Waals surface area contributed by atoms with Crippen molar-refractivity contribution in [3.8, 4) is 5.75 Å². The molecule has 1 aliphatic rings. The number of benzene rings is 1. The number of nitrogens with one attached hydrogen (secondary N) is 1. The maximum Gasteiger partial charge on any atom is 0.120 e. The van der Waals surface area contributed by atoms with Gasteiger partial charge in [-0.15, -0.1) is 0 Å². The predicted molar refractivity (Wildman–Crippen MR) is 90.2 cm³/mol. The Morgan fingerprint density at radius 2 is 2.10 bits per heavy atom. The van der Waals surface area contributed by atoms with Crippen molar-refractivity contribution in [1.82, 2.24) is 5.32 Å². The number of halogens is 1. The molecular weight excluding hydrogens is 282 g/mol. The van der Waals surface area contributed by atoms with Gasteiger partial charge >= 0.3 is 0 Å². The van der Waals surface area contributed by atoms with E-state index in [0.717, 1.165) is 17.3 Å². The van der Waals surface area contributed by atoms with Crippen molar-refractivity contribution in [1.29, 1.82) is 0 Å². The molecule has 0 fully saturated rings. The molecule has 0 aliphatic heterocycles. The molecule has 0 heterocycles. The highest BCUT2D eigenvalue weighted by Gasteiger charge is 2.15. The van der Waals surface area contributed by atoms with Gasteiger partial charge in [0.2, 0.25) is 0 Å². The van der Waals surface area contributed by atoms with Crippen LogP contribution in [-0.4, -0.2) is 19.2 Å². The van der Waals surface area contributed by atoms with Crippen molar-refractivity contribution in [2.24, 2.45) is 0 Å². The smallest absolute Gasteiger partial charge is 0.120 e. The molecule has 116 valence electrons. The number of hydrogen-bond acceptors (Lipinski definition) is 2. The van der Waals surface area contributed by atoms with Crippen LogP contribution in [0.25, 0.3) is 0 Å². The summed E-state index contributed by atoms with van der Waals surface area (Å²) in [5.74, 6) is 0.844. The average Bonchev–Trinajstić information content (AvgIpc) is 2.44. The standard InChI is InChI=1S/C18H26ClNO/c1-2-20-18(15-9-6-4-3-5-7-10-15)14-21-17-12-8-11-16(19)13-17/h8-9,11-13,18,20H,2-7,10,14H2,1H3/b15-9+. The molecule has 2 rings (SSSR count). The van der Waals surface area contributed by atoms with Gasteiger partial charge in [0.1, 0.15) is 12.4 Å². The van der Waals surface area contributed by atoms with E-state index in [1.54, 1.807) is 0 Å². The lowest BCUT2D eigenvalue weighted by Crippen LogP contribution is -2.36. The summed E-state index contributed by atoms with van der Waals surface area (Å²) in [6.45, 7) is 3.77. The topological polar surface area (TPSA) is 21.3 Å². The van der Waals surface area contributed by atoms with Gasteiger partial charge in [0, 0.05) is 5.02 Å². The van der Waals surface area contributed by atoms with Crippen molar-refractivity contribution in [2.75, 3.05) is 13.2 Å². The van der Waals surface area contributed by atoms with Crippen LogP contribution in [0.2, 0.25) is 5.02 Å². The van der Waals surface area contributed by atoms with Crippen molar-refractivity contribution < 1.29 is 4.74 Å². The Hall–Kier alpha value is -0.990. The SMILES string of the molecule is CCNC(COc1cccc(Cl)c1)/C1=C/CCCCCC1. The normalized spacial score (nSPS) is 20.0. The fourth-order valence-corrected chi connectivity index (χ4v) is 2.99. The van der Waals surface area contributed by atoms with E-state index in [0.29, 0.717) is 12.6 Å². The third kappa shape index (κ3) is 5.72. The Morgan fingerprint density at radius 1 is 1.24 bits per heavy atom. The summed E-state index contributed by atoms with van der Waals surface area (Å²) in [5.41, 5.74) is 1.51. The van der Waals surface area contributed by atoms with E-state index in [1.807, 2.05) is 24.3 Å². The van der Waals surface area contributed by atoms with Crippen molar-refractivity contribution in [3.63, 3.8) is 0 Å². The maximum atomic E-state index is 6.00. The molecule has 1 atom stereocenters. The van der Waals surface area contributed by atoms with Gasteiger partial charge in [0.25, 0.3) is 0 Å². The second-order valence-electron chi connectivity index (χ2n) is 5.61. The third-order valence-electron chi connectivity index (χ3n) is 3.94. The number of hydrogen-bond donors (Lipinski definition) is 1. The average molecular weight is 308 g/mol. The summed E-state index contributed by atoms with van der Waals surface area (Å²) in [5, 5.41) is 4.28. The molecule has 21 heavy (non-hydrogen) atoms.